The first kappa shape index (κ1) is 4.83. The highest BCUT2D eigenvalue weighted by Gasteiger charge is 1.90. The van der Waals surface area contributed by atoms with Crippen molar-refractivity contribution in [1.82, 2.24) is 9.94 Å². The monoisotopic (exact) mass is 112 g/mol. The summed E-state index contributed by atoms with van der Waals surface area (Å²) in [5, 5.41) is 11.8. The van der Waals surface area contributed by atoms with Gasteiger partial charge in [0, 0.05) is 0 Å². The Morgan fingerprint density at radius 2 is 2.62 bits per heavy atom. The number of hydrogen-bond donors (Lipinski definition) is 1. The maximum Gasteiger partial charge on any atom is 0.170 e. The third kappa shape index (κ3) is 0.676. The molecule has 1 heterocycles. The van der Waals surface area contributed by atoms with Crippen LogP contribution in [0.25, 0.3) is 0 Å². The molecule has 1 rings (SSSR count). The topological polar surface area (TPSA) is 55.1 Å². The molecule has 1 aromatic heterocycles. The molecule has 1 N–H and O–H groups in total. The van der Waals surface area contributed by atoms with Crippen molar-refractivity contribution >= 4 is 6.29 Å². The number of aldehydes is 1. The summed E-state index contributed by atoms with van der Waals surface area (Å²) in [7, 11) is 0. The molecule has 0 radical (unpaired) electrons. The predicted molar refractivity (Wildman–Crippen MR) is 24.8 cm³/mol. The van der Waals surface area contributed by atoms with Gasteiger partial charge in [0.25, 0.3) is 0 Å². The van der Waals surface area contributed by atoms with Crippen LogP contribution in [-0.4, -0.2) is 21.4 Å². The van der Waals surface area contributed by atoms with Crippen LogP contribution in [0.2, 0.25) is 0 Å². The molecular weight excluding hydrogens is 108 g/mol. The molecule has 0 atom stereocenters. The van der Waals surface area contributed by atoms with E-state index in [2.05, 4.69) is 5.10 Å². The molecule has 0 saturated carbocycles. The fourth-order valence-electron chi connectivity index (χ4n) is 0.391. The number of carbonyl (C=O) groups is 1. The van der Waals surface area contributed by atoms with Crippen LogP contribution in [-0.2, 0) is 0 Å². The van der Waals surface area contributed by atoms with Crippen molar-refractivity contribution in [1.29, 1.82) is 0 Å². The van der Waals surface area contributed by atoms with Gasteiger partial charge in [-0.1, -0.05) is 0 Å². The third-order valence-electron chi connectivity index (χ3n) is 0.717. The normalized spacial score (nSPS) is 9.00. The Morgan fingerprint density at radius 1 is 1.88 bits per heavy atom. The summed E-state index contributed by atoms with van der Waals surface area (Å²) >= 11 is 0. The van der Waals surface area contributed by atoms with E-state index in [0.717, 1.165) is 0 Å². The lowest BCUT2D eigenvalue weighted by molar-refractivity contribution is 0.110. The molecule has 0 unspecified atom stereocenters. The minimum atomic E-state index is 0.229. The zero-order valence-electron chi connectivity index (χ0n) is 3.98. The lowest BCUT2D eigenvalue weighted by Crippen LogP contribution is -1.90. The van der Waals surface area contributed by atoms with Crippen molar-refractivity contribution in [2.24, 2.45) is 0 Å². The van der Waals surface area contributed by atoms with Gasteiger partial charge in [0.2, 0.25) is 0 Å². The zero-order valence-corrected chi connectivity index (χ0v) is 3.98. The van der Waals surface area contributed by atoms with Crippen molar-refractivity contribution in [3.63, 3.8) is 0 Å². The summed E-state index contributed by atoms with van der Waals surface area (Å²) in [6, 6.07) is 1.41. The summed E-state index contributed by atoms with van der Waals surface area (Å²) in [5.41, 5.74) is 0.229. The van der Waals surface area contributed by atoms with Crippen LogP contribution in [0.3, 0.4) is 0 Å². The van der Waals surface area contributed by atoms with E-state index in [9.17, 15) is 4.79 Å². The molecule has 0 amide bonds. The van der Waals surface area contributed by atoms with Gasteiger partial charge in [-0.15, -0.1) is 9.94 Å². The highest BCUT2D eigenvalue weighted by atomic mass is 16.5. The Labute approximate surface area is 45.3 Å². The van der Waals surface area contributed by atoms with Gasteiger partial charge in [-0.25, -0.2) is 0 Å². The van der Waals surface area contributed by atoms with Gasteiger partial charge in [0.05, 0.1) is 6.20 Å². The van der Waals surface area contributed by atoms with E-state index in [-0.39, 0.29) is 5.69 Å². The van der Waals surface area contributed by atoms with E-state index in [1.807, 2.05) is 0 Å². The summed E-state index contributed by atoms with van der Waals surface area (Å²) in [6.07, 6.45) is 1.84. The summed E-state index contributed by atoms with van der Waals surface area (Å²) in [5.74, 6) is 0. The van der Waals surface area contributed by atoms with Gasteiger partial charge < -0.3 is 5.21 Å². The lowest BCUT2D eigenvalue weighted by atomic mass is 10.5. The van der Waals surface area contributed by atoms with E-state index in [4.69, 9.17) is 5.21 Å². The Hall–Kier alpha value is -1.32. The Bertz CT molecular complexity index is 194. The van der Waals surface area contributed by atoms with Crippen LogP contribution in [0, 0.1) is 0 Å². The first-order chi connectivity index (χ1) is 3.83. The molecular formula is C4H4N2O2. The van der Waals surface area contributed by atoms with Crippen LogP contribution in [0.1, 0.15) is 10.5 Å². The predicted octanol–water partition coefficient (Wildman–Crippen LogP) is -0.0671. The van der Waals surface area contributed by atoms with Crippen molar-refractivity contribution in [3.05, 3.63) is 18.0 Å². The Kier molecular flexibility index (Phi) is 0.997. The zero-order chi connectivity index (χ0) is 5.98. The van der Waals surface area contributed by atoms with Gasteiger partial charge in [0.1, 0.15) is 5.69 Å². The second-order valence-electron chi connectivity index (χ2n) is 1.28. The molecule has 8 heavy (non-hydrogen) atoms. The molecule has 4 heteroatoms. The molecule has 4 nitrogen and oxygen atoms in total. The lowest BCUT2D eigenvalue weighted by Gasteiger charge is -1.78. The van der Waals surface area contributed by atoms with E-state index in [0.29, 0.717) is 11.1 Å². The molecule has 0 aliphatic heterocycles. The first-order valence-corrected chi connectivity index (χ1v) is 2.03. The van der Waals surface area contributed by atoms with Crippen LogP contribution >= 0.6 is 0 Å². The van der Waals surface area contributed by atoms with Crippen LogP contribution < -0.4 is 0 Å². The second kappa shape index (κ2) is 1.65. The van der Waals surface area contributed by atoms with Crippen molar-refractivity contribution in [2.45, 2.75) is 0 Å². The van der Waals surface area contributed by atoms with Crippen molar-refractivity contribution in [3.8, 4) is 0 Å². The van der Waals surface area contributed by atoms with E-state index < -0.39 is 0 Å². The second-order valence-corrected chi connectivity index (χ2v) is 1.28. The number of aromatic nitrogens is 2. The number of nitrogens with zero attached hydrogens (tertiary/aromatic N) is 2. The van der Waals surface area contributed by atoms with E-state index in [1.165, 1.54) is 12.3 Å². The average molecular weight is 112 g/mol. The first-order valence-electron chi connectivity index (χ1n) is 2.03. The Balaban J connectivity index is 3.00. The van der Waals surface area contributed by atoms with Crippen LogP contribution in [0.4, 0.5) is 0 Å². The molecule has 1 aromatic rings. The van der Waals surface area contributed by atoms with Crippen molar-refractivity contribution < 1.29 is 10.0 Å². The number of hydrogen-bond acceptors (Lipinski definition) is 3. The Morgan fingerprint density at radius 3 is 2.88 bits per heavy atom. The highest BCUT2D eigenvalue weighted by Crippen LogP contribution is 1.85. The molecule has 0 aliphatic carbocycles. The smallest absolute Gasteiger partial charge is 0.170 e. The molecule has 0 aromatic carbocycles. The summed E-state index contributed by atoms with van der Waals surface area (Å²) in [6.45, 7) is 0. The molecule has 0 aliphatic rings. The van der Waals surface area contributed by atoms with E-state index >= 15 is 0 Å². The molecule has 0 fully saturated rings. The summed E-state index contributed by atoms with van der Waals surface area (Å²) in [4.78, 5) is 10.4. The number of carbonyl (C=O) groups excluding carboxylic acids is 1. The van der Waals surface area contributed by atoms with Crippen LogP contribution in [0.15, 0.2) is 12.3 Å². The number of rotatable bonds is 1. The minimum absolute atomic E-state index is 0.229. The fourth-order valence-corrected chi connectivity index (χ4v) is 0.391. The van der Waals surface area contributed by atoms with Gasteiger partial charge in [0.15, 0.2) is 6.29 Å². The molecule has 0 saturated heterocycles. The SMILES string of the molecule is O=Cc1ccn(O)n1. The highest BCUT2D eigenvalue weighted by molar-refractivity contribution is 5.71. The van der Waals surface area contributed by atoms with Gasteiger partial charge >= 0.3 is 0 Å². The average Bonchev–Trinajstić information content (AvgIpc) is 2.14. The van der Waals surface area contributed by atoms with E-state index in [1.54, 1.807) is 0 Å². The summed E-state index contributed by atoms with van der Waals surface area (Å²) < 4.78 is 0. The largest absolute Gasteiger partial charge is 0.412 e. The van der Waals surface area contributed by atoms with Crippen molar-refractivity contribution in [2.75, 3.05) is 0 Å². The maximum atomic E-state index is 9.83. The quantitative estimate of drug-likeness (QED) is 0.408. The molecule has 0 spiro atoms. The van der Waals surface area contributed by atoms with Gasteiger partial charge in [-0.05, 0) is 6.07 Å². The minimum Gasteiger partial charge on any atom is -0.412 e. The van der Waals surface area contributed by atoms with Crippen LogP contribution in [0.5, 0.6) is 0 Å². The third-order valence-corrected chi connectivity index (χ3v) is 0.717. The standard InChI is InChI=1S/C4H4N2O2/c7-3-4-1-2-6(8)5-4/h1-3,8H. The maximum absolute atomic E-state index is 9.83. The van der Waals surface area contributed by atoms with Gasteiger partial charge in [-0.3, -0.25) is 4.79 Å². The van der Waals surface area contributed by atoms with Gasteiger partial charge in [-0.2, -0.15) is 0 Å². The molecule has 42 valence electrons. The molecule has 0 bridgehead atoms. The fraction of sp³-hybridized carbons (Fsp3) is 0.